The van der Waals surface area contributed by atoms with Gasteiger partial charge in [-0.3, -0.25) is 9.88 Å². The number of anilines is 3. The Kier molecular flexibility index (Phi) is 3.75. The number of pyridine rings is 1. The molecule has 0 radical (unpaired) electrons. The lowest BCUT2D eigenvalue weighted by Gasteiger charge is -2.38. The minimum absolute atomic E-state index is 0.747. The lowest BCUT2D eigenvalue weighted by atomic mass is 10.00. The van der Waals surface area contributed by atoms with Crippen molar-refractivity contribution >= 4 is 17.1 Å². The number of fused-ring (bicyclic) bond motifs is 4. The average Bonchev–Trinajstić information content (AvgIpc) is 2.89. The summed E-state index contributed by atoms with van der Waals surface area (Å²) in [5.74, 6) is 3.12. The van der Waals surface area contributed by atoms with E-state index in [2.05, 4.69) is 32.0 Å². The molecule has 5 aromatic rings. The highest BCUT2D eigenvalue weighted by atomic mass is 16.5. The summed E-state index contributed by atoms with van der Waals surface area (Å²) in [6, 6.07) is 26.0. The summed E-state index contributed by atoms with van der Waals surface area (Å²) in [7, 11) is 0. The van der Waals surface area contributed by atoms with Crippen LogP contribution in [0.1, 0.15) is 0 Å². The Hall–Kier alpha value is -4.71. The molecule has 7 rings (SSSR count). The number of rotatable bonds is 2. The van der Waals surface area contributed by atoms with Gasteiger partial charge in [-0.25, -0.2) is 9.97 Å². The highest BCUT2D eigenvalue weighted by Crippen LogP contribution is 2.61. The Balaban J connectivity index is 1.41. The quantitative estimate of drug-likeness (QED) is 0.299. The van der Waals surface area contributed by atoms with E-state index >= 15 is 0 Å². The number of benzene rings is 3. The van der Waals surface area contributed by atoms with Crippen molar-refractivity contribution in [2.75, 3.05) is 4.90 Å². The first kappa shape index (κ1) is 17.9. The predicted molar refractivity (Wildman–Crippen MR) is 126 cm³/mol. The van der Waals surface area contributed by atoms with Crippen LogP contribution in [0.2, 0.25) is 0 Å². The molecule has 0 N–H and O–H groups in total. The topological polar surface area (TPSA) is 60.4 Å². The van der Waals surface area contributed by atoms with Gasteiger partial charge in [-0.15, -0.1) is 0 Å². The molecular formula is C27H16N4O2. The number of hydrogen-bond acceptors (Lipinski definition) is 6. The van der Waals surface area contributed by atoms with Crippen LogP contribution in [0.5, 0.6) is 23.0 Å². The second kappa shape index (κ2) is 6.90. The Labute approximate surface area is 189 Å². The molecule has 6 heteroatoms. The number of para-hydroxylation sites is 4. The summed E-state index contributed by atoms with van der Waals surface area (Å²) >= 11 is 0. The van der Waals surface area contributed by atoms with E-state index < -0.39 is 0 Å². The Morgan fingerprint density at radius 3 is 2.12 bits per heavy atom. The van der Waals surface area contributed by atoms with E-state index in [0.29, 0.717) is 0 Å². The van der Waals surface area contributed by atoms with Crippen LogP contribution in [0, 0.1) is 0 Å². The van der Waals surface area contributed by atoms with Crippen LogP contribution in [-0.2, 0) is 0 Å². The molecule has 0 atom stereocenters. The molecule has 156 valence electrons. The molecule has 0 fully saturated rings. The van der Waals surface area contributed by atoms with Crippen LogP contribution < -0.4 is 14.4 Å². The standard InChI is InChI=1S/C27H16N4O2/c1-3-7-23-21(5-1)31-22-6-2-4-8-24(22)33-27-18(10-12-25(32-23)26(27)31)17-9-11-19(29-15-17)20-13-14-28-16-30-20/h1-16H. The van der Waals surface area contributed by atoms with Gasteiger partial charge < -0.3 is 9.47 Å². The summed E-state index contributed by atoms with van der Waals surface area (Å²) in [5.41, 5.74) is 6.32. The van der Waals surface area contributed by atoms with Crippen LogP contribution in [0.4, 0.5) is 17.1 Å². The summed E-state index contributed by atoms with van der Waals surface area (Å²) in [4.78, 5) is 15.1. The van der Waals surface area contributed by atoms with E-state index in [0.717, 1.165) is 62.6 Å². The fourth-order valence-corrected chi connectivity index (χ4v) is 4.38. The van der Waals surface area contributed by atoms with Crippen molar-refractivity contribution in [3.05, 3.63) is 97.6 Å². The minimum atomic E-state index is 0.747. The van der Waals surface area contributed by atoms with E-state index in [-0.39, 0.29) is 0 Å². The molecule has 6 nitrogen and oxygen atoms in total. The van der Waals surface area contributed by atoms with E-state index in [9.17, 15) is 0 Å². The summed E-state index contributed by atoms with van der Waals surface area (Å²) in [5, 5.41) is 0. The molecule has 0 amide bonds. The number of hydrogen-bond donors (Lipinski definition) is 0. The monoisotopic (exact) mass is 428 g/mol. The lowest BCUT2D eigenvalue weighted by Crippen LogP contribution is -2.20. The van der Waals surface area contributed by atoms with Gasteiger partial charge in [0, 0.05) is 23.5 Å². The SMILES string of the molecule is c1ccc2c(c1)Oc1ccc(-c3ccc(-c4ccncn4)nc3)c3c1N2c1ccccc1O3. The Morgan fingerprint density at radius 2 is 1.39 bits per heavy atom. The maximum atomic E-state index is 6.47. The summed E-state index contributed by atoms with van der Waals surface area (Å²) in [6.07, 6.45) is 5.08. The molecule has 4 heterocycles. The van der Waals surface area contributed by atoms with Gasteiger partial charge in [0.1, 0.15) is 12.0 Å². The zero-order valence-electron chi connectivity index (χ0n) is 17.3. The lowest BCUT2D eigenvalue weighted by molar-refractivity contribution is 0.447. The number of ether oxygens (including phenoxy) is 2. The van der Waals surface area contributed by atoms with E-state index in [1.165, 1.54) is 6.33 Å². The van der Waals surface area contributed by atoms with Crippen LogP contribution >= 0.6 is 0 Å². The molecule has 2 aromatic heterocycles. The first-order valence-corrected chi connectivity index (χ1v) is 10.6. The maximum Gasteiger partial charge on any atom is 0.163 e. The molecular weight excluding hydrogens is 412 g/mol. The van der Waals surface area contributed by atoms with E-state index in [1.54, 1.807) is 6.20 Å². The molecule has 0 aliphatic carbocycles. The van der Waals surface area contributed by atoms with Crippen LogP contribution in [0.3, 0.4) is 0 Å². The van der Waals surface area contributed by atoms with E-state index in [1.807, 2.05) is 72.9 Å². The van der Waals surface area contributed by atoms with Gasteiger partial charge in [-0.1, -0.05) is 30.3 Å². The third-order valence-electron chi connectivity index (χ3n) is 5.88. The van der Waals surface area contributed by atoms with Crippen LogP contribution in [-0.4, -0.2) is 15.0 Å². The zero-order valence-corrected chi connectivity index (χ0v) is 17.3. The molecule has 2 aliphatic rings. The van der Waals surface area contributed by atoms with Crippen molar-refractivity contribution < 1.29 is 9.47 Å². The van der Waals surface area contributed by atoms with Crippen molar-refractivity contribution in [2.24, 2.45) is 0 Å². The van der Waals surface area contributed by atoms with Gasteiger partial charge in [-0.05, 0) is 48.5 Å². The van der Waals surface area contributed by atoms with Crippen molar-refractivity contribution in [1.82, 2.24) is 15.0 Å². The molecule has 0 bridgehead atoms. The normalized spacial score (nSPS) is 12.7. The third-order valence-corrected chi connectivity index (χ3v) is 5.88. The molecule has 2 aliphatic heterocycles. The van der Waals surface area contributed by atoms with E-state index in [4.69, 9.17) is 9.47 Å². The minimum Gasteiger partial charge on any atom is -0.453 e. The summed E-state index contributed by atoms with van der Waals surface area (Å²) < 4.78 is 12.7. The molecule has 0 spiro atoms. The first-order valence-electron chi connectivity index (χ1n) is 10.6. The highest BCUT2D eigenvalue weighted by Gasteiger charge is 2.35. The first-order chi connectivity index (χ1) is 16.4. The van der Waals surface area contributed by atoms with Crippen molar-refractivity contribution in [3.63, 3.8) is 0 Å². The van der Waals surface area contributed by atoms with Crippen LogP contribution in [0.25, 0.3) is 22.5 Å². The zero-order chi connectivity index (χ0) is 21.8. The summed E-state index contributed by atoms with van der Waals surface area (Å²) in [6.45, 7) is 0. The van der Waals surface area contributed by atoms with Crippen molar-refractivity contribution in [3.8, 4) is 45.5 Å². The third kappa shape index (κ3) is 2.71. The molecule has 33 heavy (non-hydrogen) atoms. The predicted octanol–water partition coefficient (Wildman–Crippen LogP) is 6.89. The maximum absolute atomic E-state index is 6.47. The number of aromatic nitrogens is 3. The smallest absolute Gasteiger partial charge is 0.163 e. The van der Waals surface area contributed by atoms with Crippen LogP contribution in [0.15, 0.2) is 97.6 Å². The molecule has 0 saturated heterocycles. The van der Waals surface area contributed by atoms with Gasteiger partial charge >= 0.3 is 0 Å². The highest BCUT2D eigenvalue weighted by molar-refractivity contribution is 5.97. The Bertz CT molecular complexity index is 1510. The number of nitrogens with zero attached hydrogens (tertiary/aromatic N) is 4. The average molecular weight is 428 g/mol. The van der Waals surface area contributed by atoms with Gasteiger partial charge in [0.25, 0.3) is 0 Å². The molecule has 0 saturated carbocycles. The van der Waals surface area contributed by atoms with Gasteiger partial charge in [0.05, 0.1) is 22.8 Å². The Morgan fingerprint density at radius 1 is 0.636 bits per heavy atom. The molecule has 0 unspecified atom stereocenters. The van der Waals surface area contributed by atoms with Gasteiger partial charge in [-0.2, -0.15) is 0 Å². The van der Waals surface area contributed by atoms with Crippen molar-refractivity contribution in [1.29, 1.82) is 0 Å². The van der Waals surface area contributed by atoms with Gasteiger partial charge in [0.2, 0.25) is 0 Å². The second-order valence-electron chi connectivity index (χ2n) is 7.79. The fraction of sp³-hybridized carbons (Fsp3) is 0. The largest absolute Gasteiger partial charge is 0.453 e. The molecule has 3 aromatic carbocycles. The van der Waals surface area contributed by atoms with Crippen molar-refractivity contribution in [2.45, 2.75) is 0 Å². The van der Waals surface area contributed by atoms with Gasteiger partial charge in [0.15, 0.2) is 23.0 Å². The fourth-order valence-electron chi connectivity index (χ4n) is 4.38. The second-order valence-corrected chi connectivity index (χ2v) is 7.79.